The van der Waals surface area contributed by atoms with Gasteiger partial charge in [0, 0.05) is 6.54 Å². The van der Waals surface area contributed by atoms with Crippen LogP contribution in [0.3, 0.4) is 0 Å². The number of benzene rings is 2. The van der Waals surface area contributed by atoms with Crippen molar-refractivity contribution in [2.75, 3.05) is 0 Å². The van der Waals surface area contributed by atoms with Crippen molar-refractivity contribution in [3.63, 3.8) is 0 Å². The number of rotatable bonds is 4. The van der Waals surface area contributed by atoms with Gasteiger partial charge in [0.25, 0.3) is 5.91 Å². The van der Waals surface area contributed by atoms with Gasteiger partial charge in [0.1, 0.15) is 11.9 Å². The van der Waals surface area contributed by atoms with Gasteiger partial charge in [-0.05, 0) is 30.2 Å². The van der Waals surface area contributed by atoms with Gasteiger partial charge in [0.2, 0.25) is 0 Å². The average Bonchev–Trinajstić information content (AvgIpc) is 3.11. The van der Waals surface area contributed by atoms with Gasteiger partial charge in [0.05, 0.1) is 18.8 Å². The second-order valence-electron chi connectivity index (χ2n) is 6.59. The summed E-state index contributed by atoms with van der Waals surface area (Å²) in [7, 11) is 0. The molecule has 0 saturated heterocycles. The highest BCUT2D eigenvalue weighted by molar-refractivity contribution is 5.93. The molecule has 2 heterocycles. The summed E-state index contributed by atoms with van der Waals surface area (Å²) in [5.41, 5.74) is 3.98. The van der Waals surface area contributed by atoms with Crippen LogP contribution in [-0.4, -0.2) is 20.9 Å². The molecule has 1 N–H and O–H groups in total. The summed E-state index contributed by atoms with van der Waals surface area (Å²) in [4.78, 5) is 12.5. The lowest BCUT2D eigenvalue weighted by molar-refractivity contribution is -0.00180. The van der Waals surface area contributed by atoms with E-state index in [-0.39, 0.29) is 30.1 Å². The maximum Gasteiger partial charge on any atom is 0.274 e. The molecule has 1 aliphatic rings. The highest BCUT2D eigenvalue weighted by atomic mass is 19.1. The van der Waals surface area contributed by atoms with Gasteiger partial charge in [-0.1, -0.05) is 47.2 Å². The van der Waals surface area contributed by atoms with Gasteiger partial charge < -0.3 is 10.1 Å². The van der Waals surface area contributed by atoms with Gasteiger partial charge in [-0.3, -0.25) is 4.79 Å². The molecule has 1 atom stereocenters. The number of carbonyl (C=O) groups is 1. The van der Waals surface area contributed by atoms with Gasteiger partial charge in [-0.15, -0.1) is 5.10 Å². The molecule has 0 saturated carbocycles. The lowest BCUT2D eigenvalue weighted by Gasteiger charge is -2.24. The molecule has 1 aliphatic heterocycles. The Morgan fingerprint density at radius 2 is 1.96 bits per heavy atom. The van der Waals surface area contributed by atoms with Crippen LogP contribution in [0.15, 0.2) is 48.5 Å². The molecule has 2 aromatic carbocycles. The molecular weight excluding hydrogens is 347 g/mol. The zero-order valence-corrected chi connectivity index (χ0v) is 14.9. The standard InChI is InChI=1S/C20H19FN4O2/c1-13-2-4-14(5-3-13)10-22-20(26)19-17-12-27-18(11-25(17)24-23-19)15-6-8-16(21)9-7-15/h2-9,18H,10-12H2,1H3,(H,22,26)/t18-/m1/s1. The fraction of sp³-hybridized carbons (Fsp3) is 0.250. The largest absolute Gasteiger partial charge is 0.365 e. The number of fused-ring (bicyclic) bond motifs is 1. The van der Waals surface area contributed by atoms with E-state index in [0.29, 0.717) is 18.8 Å². The predicted octanol–water partition coefficient (Wildman–Crippen LogP) is 2.93. The molecule has 4 rings (SSSR count). The first-order chi connectivity index (χ1) is 13.1. The Morgan fingerprint density at radius 1 is 1.22 bits per heavy atom. The molecule has 0 aliphatic carbocycles. The van der Waals surface area contributed by atoms with E-state index >= 15 is 0 Å². The first-order valence-electron chi connectivity index (χ1n) is 8.73. The fourth-order valence-electron chi connectivity index (χ4n) is 3.04. The number of hydrogen-bond donors (Lipinski definition) is 1. The number of hydrogen-bond acceptors (Lipinski definition) is 4. The van der Waals surface area contributed by atoms with E-state index in [2.05, 4.69) is 15.6 Å². The molecular formula is C20H19FN4O2. The molecule has 0 fully saturated rings. The second kappa shape index (κ2) is 7.28. The lowest BCUT2D eigenvalue weighted by atomic mass is 10.1. The SMILES string of the molecule is Cc1ccc(CNC(=O)c2nnn3c2CO[C@@H](c2ccc(F)cc2)C3)cc1. The minimum absolute atomic E-state index is 0.225. The summed E-state index contributed by atoms with van der Waals surface area (Å²) in [6.45, 7) is 3.09. The number of halogens is 1. The molecule has 0 spiro atoms. The van der Waals surface area contributed by atoms with Crippen LogP contribution in [0.4, 0.5) is 4.39 Å². The third-order valence-electron chi connectivity index (χ3n) is 4.63. The first kappa shape index (κ1) is 17.4. The Hall–Kier alpha value is -3.06. The smallest absolute Gasteiger partial charge is 0.274 e. The van der Waals surface area contributed by atoms with E-state index < -0.39 is 0 Å². The normalized spacial score (nSPS) is 16.0. The summed E-state index contributed by atoms with van der Waals surface area (Å²) in [6.07, 6.45) is -0.247. The van der Waals surface area contributed by atoms with Crippen molar-refractivity contribution >= 4 is 5.91 Å². The zero-order valence-electron chi connectivity index (χ0n) is 14.9. The number of ether oxygens (including phenoxy) is 1. The maximum absolute atomic E-state index is 13.1. The summed E-state index contributed by atoms with van der Waals surface area (Å²) in [5.74, 6) is -0.566. The monoisotopic (exact) mass is 366 g/mol. The van der Waals surface area contributed by atoms with Crippen LogP contribution in [0.2, 0.25) is 0 Å². The second-order valence-corrected chi connectivity index (χ2v) is 6.59. The van der Waals surface area contributed by atoms with E-state index in [1.54, 1.807) is 16.8 Å². The highest BCUT2D eigenvalue weighted by Crippen LogP contribution is 2.27. The van der Waals surface area contributed by atoms with E-state index in [0.717, 1.165) is 11.1 Å². The van der Waals surface area contributed by atoms with Crippen molar-refractivity contribution in [2.45, 2.75) is 32.7 Å². The van der Waals surface area contributed by atoms with E-state index in [9.17, 15) is 9.18 Å². The van der Waals surface area contributed by atoms with Crippen LogP contribution in [0.25, 0.3) is 0 Å². The summed E-state index contributed by atoms with van der Waals surface area (Å²) < 4.78 is 20.6. The van der Waals surface area contributed by atoms with Crippen molar-refractivity contribution in [1.82, 2.24) is 20.3 Å². The molecule has 7 heteroatoms. The first-order valence-corrected chi connectivity index (χ1v) is 8.73. The van der Waals surface area contributed by atoms with Crippen LogP contribution in [0, 0.1) is 12.7 Å². The molecule has 0 unspecified atom stereocenters. The number of amides is 1. The highest BCUT2D eigenvalue weighted by Gasteiger charge is 2.27. The minimum Gasteiger partial charge on any atom is -0.365 e. The van der Waals surface area contributed by atoms with Gasteiger partial charge in [-0.25, -0.2) is 9.07 Å². The Morgan fingerprint density at radius 3 is 2.70 bits per heavy atom. The predicted molar refractivity (Wildman–Crippen MR) is 96.3 cm³/mol. The van der Waals surface area contributed by atoms with Crippen LogP contribution in [0.5, 0.6) is 0 Å². The third kappa shape index (κ3) is 3.73. The average molecular weight is 366 g/mol. The molecule has 1 aromatic heterocycles. The van der Waals surface area contributed by atoms with Crippen molar-refractivity contribution in [3.05, 3.63) is 82.4 Å². The van der Waals surface area contributed by atoms with Crippen molar-refractivity contribution < 1.29 is 13.9 Å². The third-order valence-corrected chi connectivity index (χ3v) is 4.63. The topological polar surface area (TPSA) is 69.0 Å². The van der Waals surface area contributed by atoms with Gasteiger partial charge in [0.15, 0.2) is 5.69 Å². The lowest BCUT2D eigenvalue weighted by Crippen LogP contribution is -2.27. The Bertz CT molecular complexity index is 951. The zero-order chi connectivity index (χ0) is 18.8. The quantitative estimate of drug-likeness (QED) is 0.771. The molecule has 0 radical (unpaired) electrons. The number of nitrogens with one attached hydrogen (secondary N) is 1. The van der Waals surface area contributed by atoms with Gasteiger partial charge in [-0.2, -0.15) is 0 Å². The number of aromatic nitrogens is 3. The Balaban J connectivity index is 1.43. The maximum atomic E-state index is 13.1. The number of aryl methyl sites for hydroxylation is 1. The summed E-state index contributed by atoms with van der Waals surface area (Å²) >= 11 is 0. The van der Waals surface area contributed by atoms with E-state index in [1.165, 1.54) is 17.7 Å². The Kier molecular flexibility index (Phi) is 4.68. The van der Waals surface area contributed by atoms with Crippen LogP contribution in [-0.2, 0) is 24.4 Å². The molecule has 27 heavy (non-hydrogen) atoms. The number of carbonyl (C=O) groups excluding carboxylic acids is 1. The summed E-state index contributed by atoms with van der Waals surface area (Å²) in [5, 5.41) is 11.0. The van der Waals surface area contributed by atoms with Gasteiger partial charge >= 0.3 is 0 Å². The van der Waals surface area contributed by atoms with E-state index in [4.69, 9.17) is 4.74 Å². The van der Waals surface area contributed by atoms with Crippen molar-refractivity contribution in [1.29, 1.82) is 0 Å². The molecule has 0 bridgehead atoms. The fourth-order valence-corrected chi connectivity index (χ4v) is 3.04. The molecule has 1 amide bonds. The van der Waals surface area contributed by atoms with Crippen molar-refractivity contribution in [3.8, 4) is 0 Å². The van der Waals surface area contributed by atoms with Crippen LogP contribution >= 0.6 is 0 Å². The van der Waals surface area contributed by atoms with E-state index in [1.807, 2.05) is 31.2 Å². The van der Waals surface area contributed by atoms with Crippen molar-refractivity contribution in [2.24, 2.45) is 0 Å². The van der Waals surface area contributed by atoms with Crippen LogP contribution < -0.4 is 5.32 Å². The number of nitrogens with zero attached hydrogens (tertiary/aromatic N) is 3. The molecule has 3 aromatic rings. The summed E-state index contributed by atoms with van der Waals surface area (Å²) in [6, 6.07) is 14.2. The Labute approximate surface area is 156 Å². The molecule has 6 nitrogen and oxygen atoms in total. The molecule has 138 valence electrons. The van der Waals surface area contributed by atoms with Crippen LogP contribution in [0.1, 0.15) is 39.0 Å². The minimum atomic E-state index is -0.288.